The molecule has 0 radical (unpaired) electrons. The van der Waals surface area contributed by atoms with Gasteiger partial charge < -0.3 is 14.5 Å². The number of morpholine rings is 1. The number of amides is 1. The average molecular weight is 431 g/mol. The fraction of sp³-hybridized carbons (Fsp3) is 0.292. The van der Waals surface area contributed by atoms with Crippen LogP contribution in [0, 0.1) is 0 Å². The van der Waals surface area contributed by atoms with E-state index in [-0.39, 0.29) is 5.91 Å². The van der Waals surface area contributed by atoms with E-state index in [9.17, 15) is 4.79 Å². The molecule has 0 atom stereocenters. The number of hydrogen-bond acceptors (Lipinski definition) is 6. The molecule has 4 aromatic rings. The number of ether oxygens (including phenoxy) is 1. The second-order valence-corrected chi connectivity index (χ2v) is 7.75. The minimum absolute atomic E-state index is 0.125. The SMILES string of the molecule is O=C(NCCN1CCOCC1)c1cc(-c2ccccc2)nc2c1cnn2Cc1ccco1. The van der Waals surface area contributed by atoms with E-state index in [1.807, 2.05) is 48.5 Å². The number of benzene rings is 1. The minimum atomic E-state index is -0.125. The topological polar surface area (TPSA) is 85.4 Å². The Morgan fingerprint density at radius 2 is 1.94 bits per heavy atom. The predicted octanol–water partition coefficient (Wildman–Crippen LogP) is 2.80. The van der Waals surface area contributed by atoms with Crippen molar-refractivity contribution in [2.75, 3.05) is 39.4 Å². The van der Waals surface area contributed by atoms with Crippen LogP contribution < -0.4 is 5.32 Å². The Kier molecular flexibility index (Phi) is 5.96. The zero-order valence-corrected chi connectivity index (χ0v) is 17.7. The second kappa shape index (κ2) is 9.33. The van der Waals surface area contributed by atoms with Gasteiger partial charge in [0.1, 0.15) is 12.3 Å². The van der Waals surface area contributed by atoms with E-state index in [0.717, 1.165) is 55.3 Å². The molecule has 1 N–H and O–H groups in total. The summed E-state index contributed by atoms with van der Waals surface area (Å²) in [7, 11) is 0. The molecule has 1 aliphatic rings. The summed E-state index contributed by atoms with van der Waals surface area (Å²) in [5.41, 5.74) is 2.91. The van der Waals surface area contributed by atoms with E-state index in [1.165, 1.54) is 0 Å². The molecular formula is C24H25N5O3. The van der Waals surface area contributed by atoms with Gasteiger partial charge in [0.25, 0.3) is 5.91 Å². The third-order valence-corrected chi connectivity index (χ3v) is 5.63. The Hall–Kier alpha value is -3.49. The first-order chi connectivity index (χ1) is 15.8. The molecule has 0 unspecified atom stereocenters. The Balaban J connectivity index is 1.44. The molecule has 164 valence electrons. The quantitative estimate of drug-likeness (QED) is 0.484. The fourth-order valence-corrected chi connectivity index (χ4v) is 3.91. The Labute approximate surface area is 185 Å². The molecule has 0 spiro atoms. The van der Waals surface area contributed by atoms with Crippen LogP contribution in [0.2, 0.25) is 0 Å². The first-order valence-electron chi connectivity index (χ1n) is 10.8. The molecule has 8 heteroatoms. The highest BCUT2D eigenvalue weighted by Crippen LogP contribution is 2.25. The molecule has 32 heavy (non-hydrogen) atoms. The van der Waals surface area contributed by atoms with Gasteiger partial charge >= 0.3 is 0 Å². The summed E-state index contributed by atoms with van der Waals surface area (Å²) in [6, 6.07) is 15.4. The number of fused-ring (bicyclic) bond motifs is 1. The highest BCUT2D eigenvalue weighted by Gasteiger charge is 2.18. The zero-order valence-electron chi connectivity index (χ0n) is 17.7. The molecule has 1 saturated heterocycles. The average Bonchev–Trinajstić information content (AvgIpc) is 3.50. The summed E-state index contributed by atoms with van der Waals surface area (Å²) in [6.07, 6.45) is 3.34. The second-order valence-electron chi connectivity index (χ2n) is 7.75. The first-order valence-corrected chi connectivity index (χ1v) is 10.8. The Morgan fingerprint density at radius 1 is 1.09 bits per heavy atom. The lowest BCUT2D eigenvalue weighted by atomic mass is 10.1. The lowest BCUT2D eigenvalue weighted by Gasteiger charge is -2.26. The number of hydrogen-bond donors (Lipinski definition) is 1. The van der Waals surface area contributed by atoms with Crippen molar-refractivity contribution in [3.63, 3.8) is 0 Å². The largest absolute Gasteiger partial charge is 0.467 e. The Bertz CT molecular complexity index is 1180. The van der Waals surface area contributed by atoms with Crippen molar-refractivity contribution >= 4 is 16.9 Å². The van der Waals surface area contributed by atoms with Crippen LogP contribution in [-0.2, 0) is 11.3 Å². The van der Waals surface area contributed by atoms with Crippen LogP contribution >= 0.6 is 0 Å². The third kappa shape index (κ3) is 4.42. The van der Waals surface area contributed by atoms with Gasteiger partial charge in [-0.05, 0) is 18.2 Å². The number of furan rings is 1. The maximum atomic E-state index is 13.2. The van der Waals surface area contributed by atoms with Crippen LogP contribution in [0.1, 0.15) is 16.1 Å². The van der Waals surface area contributed by atoms with E-state index in [4.69, 9.17) is 14.1 Å². The highest BCUT2D eigenvalue weighted by molar-refractivity contribution is 6.06. The first kappa shape index (κ1) is 20.4. The number of nitrogens with zero attached hydrogens (tertiary/aromatic N) is 4. The van der Waals surface area contributed by atoms with Crippen LogP contribution in [0.5, 0.6) is 0 Å². The minimum Gasteiger partial charge on any atom is -0.467 e. The number of carbonyl (C=O) groups is 1. The van der Waals surface area contributed by atoms with Gasteiger partial charge in [-0.25, -0.2) is 9.67 Å². The standard InChI is InChI=1S/C24H25N5O3/c30-24(25-8-9-28-10-13-31-14-11-28)20-15-22(18-5-2-1-3-6-18)27-23-21(20)16-26-29(23)17-19-7-4-12-32-19/h1-7,12,15-16H,8-11,13-14,17H2,(H,25,30). The van der Waals surface area contributed by atoms with Gasteiger partial charge in [-0.2, -0.15) is 5.10 Å². The van der Waals surface area contributed by atoms with Crippen molar-refractivity contribution in [1.29, 1.82) is 0 Å². The summed E-state index contributed by atoms with van der Waals surface area (Å²) in [4.78, 5) is 20.3. The normalized spacial score (nSPS) is 14.6. The van der Waals surface area contributed by atoms with Gasteiger partial charge in [-0.3, -0.25) is 9.69 Å². The summed E-state index contributed by atoms with van der Waals surface area (Å²) in [5.74, 6) is 0.652. The molecule has 1 amide bonds. The molecule has 3 aromatic heterocycles. The van der Waals surface area contributed by atoms with Crippen LogP contribution in [-0.4, -0.2) is 65.0 Å². The van der Waals surface area contributed by atoms with Gasteiger partial charge in [0, 0.05) is 31.7 Å². The van der Waals surface area contributed by atoms with E-state index in [2.05, 4.69) is 15.3 Å². The van der Waals surface area contributed by atoms with E-state index < -0.39 is 0 Å². The predicted molar refractivity (Wildman–Crippen MR) is 120 cm³/mol. The van der Waals surface area contributed by atoms with Gasteiger partial charge in [0.15, 0.2) is 5.65 Å². The molecule has 1 fully saturated rings. The van der Waals surface area contributed by atoms with E-state index >= 15 is 0 Å². The molecule has 0 bridgehead atoms. The lowest BCUT2D eigenvalue weighted by Crippen LogP contribution is -2.41. The van der Waals surface area contributed by atoms with Crippen molar-refractivity contribution in [1.82, 2.24) is 25.0 Å². The van der Waals surface area contributed by atoms with Crippen molar-refractivity contribution < 1.29 is 13.9 Å². The summed E-state index contributed by atoms with van der Waals surface area (Å²) >= 11 is 0. The summed E-state index contributed by atoms with van der Waals surface area (Å²) < 4.78 is 12.6. The van der Waals surface area contributed by atoms with E-state index in [1.54, 1.807) is 17.1 Å². The molecule has 1 aromatic carbocycles. The highest BCUT2D eigenvalue weighted by atomic mass is 16.5. The van der Waals surface area contributed by atoms with E-state index in [0.29, 0.717) is 24.3 Å². The monoisotopic (exact) mass is 431 g/mol. The molecule has 0 saturated carbocycles. The van der Waals surface area contributed by atoms with Crippen molar-refractivity contribution in [2.45, 2.75) is 6.54 Å². The van der Waals surface area contributed by atoms with Gasteiger partial charge in [0.2, 0.25) is 0 Å². The van der Waals surface area contributed by atoms with Crippen LogP contribution in [0.15, 0.2) is 65.4 Å². The maximum absolute atomic E-state index is 13.2. The maximum Gasteiger partial charge on any atom is 0.252 e. The summed E-state index contributed by atoms with van der Waals surface area (Å²) in [5, 5.41) is 8.28. The summed E-state index contributed by atoms with van der Waals surface area (Å²) in [6.45, 7) is 5.10. The smallest absolute Gasteiger partial charge is 0.252 e. The number of pyridine rings is 1. The van der Waals surface area contributed by atoms with Gasteiger partial charge in [0.05, 0.1) is 42.3 Å². The number of carbonyl (C=O) groups excluding carboxylic acids is 1. The van der Waals surface area contributed by atoms with Crippen molar-refractivity contribution in [2.24, 2.45) is 0 Å². The molecule has 8 nitrogen and oxygen atoms in total. The van der Waals surface area contributed by atoms with Crippen molar-refractivity contribution in [3.05, 3.63) is 72.3 Å². The number of nitrogens with one attached hydrogen (secondary N) is 1. The number of aromatic nitrogens is 3. The van der Waals surface area contributed by atoms with Crippen LogP contribution in [0.3, 0.4) is 0 Å². The number of rotatable bonds is 7. The fourth-order valence-electron chi connectivity index (χ4n) is 3.91. The van der Waals surface area contributed by atoms with Gasteiger partial charge in [-0.1, -0.05) is 30.3 Å². The third-order valence-electron chi connectivity index (χ3n) is 5.63. The van der Waals surface area contributed by atoms with Crippen molar-refractivity contribution in [3.8, 4) is 11.3 Å². The zero-order chi connectivity index (χ0) is 21.8. The van der Waals surface area contributed by atoms with Crippen LogP contribution in [0.25, 0.3) is 22.3 Å². The molecule has 5 rings (SSSR count). The molecule has 4 heterocycles. The molecule has 0 aliphatic carbocycles. The lowest BCUT2D eigenvalue weighted by molar-refractivity contribution is 0.0383. The Morgan fingerprint density at radius 3 is 2.72 bits per heavy atom. The molecule has 1 aliphatic heterocycles. The van der Waals surface area contributed by atoms with Crippen LogP contribution in [0.4, 0.5) is 0 Å². The van der Waals surface area contributed by atoms with Gasteiger partial charge in [-0.15, -0.1) is 0 Å². The molecular weight excluding hydrogens is 406 g/mol.